The molecule has 20 heavy (non-hydrogen) atoms. The third-order valence-electron chi connectivity index (χ3n) is 4.70. The van der Waals surface area contributed by atoms with E-state index in [1.165, 1.54) is 19.4 Å². The summed E-state index contributed by atoms with van der Waals surface area (Å²) in [5, 5.41) is 12.7. The molecule has 2 aliphatic heterocycles. The molecule has 2 unspecified atom stereocenters. The van der Waals surface area contributed by atoms with Gasteiger partial charge < -0.3 is 20.1 Å². The molecule has 0 radical (unpaired) electrons. The Morgan fingerprint density at radius 2 is 2.30 bits per heavy atom. The maximum atomic E-state index is 9.07. The van der Waals surface area contributed by atoms with Crippen molar-refractivity contribution in [2.75, 3.05) is 52.5 Å². The standard InChI is InChI=1S/C16H32N2O2/c1-14(2)9-17-11-16(5-8-20-13-16)12-18-6-3-15(10-18)4-7-19/h14-15,17,19H,3-13H2,1-2H3. The van der Waals surface area contributed by atoms with Crippen molar-refractivity contribution in [1.82, 2.24) is 10.2 Å². The number of hydrogen-bond donors (Lipinski definition) is 2. The second-order valence-electron chi connectivity index (χ2n) is 7.23. The molecule has 0 aromatic carbocycles. The molecule has 2 heterocycles. The number of aliphatic hydroxyl groups is 1. The highest BCUT2D eigenvalue weighted by Crippen LogP contribution is 2.31. The summed E-state index contributed by atoms with van der Waals surface area (Å²) >= 11 is 0. The fourth-order valence-corrected chi connectivity index (χ4v) is 3.54. The minimum Gasteiger partial charge on any atom is -0.396 e. The number of hydrogen-bond acceptors (Lipinski definition) is 4. The van der Waals surface area contributed by atoms with E-state index < -0.39 is 0 Å². The Hall–Kier alpha value is -0.160. The molecule has 2 fully saturated rings. The third kappa shape index (κ3) is 4.69. The first kappa shape index (κ1) is 16.2. The van der Waals surface area contributed by atoms with Crippen LogP contribution in [0.1, 0.15) is 33.1 Å². The molecule has 0 amide bonds. The van der Waals surface area contributed by atoms with Crippen LogP contribution in [-0.4, -0.2) is 62.6 Å². The van der Waals surface area contributed by atoms with Crippen LogP contribution in [0.5, 0.6) is 0 Å². The van der Waals surface area contributed by atoms with Crippen molar-refractivity contribution in [1.29, 1.82) is 0 Å². The fourth-order valence-electron chi connectivity index (χ4n) is 3.54. The predicted molar refractivity (Wildman–Crippen MR) is 81.8 cm³/mol. The summed E-state index contributed by atoms with van der Waals surface area (Å²) in [6.45, 7) is 12.3. The van der Waals surface area contributed by atoms with E-state index in [0.717, 1.165) is 45.8 Å². The summed E-state index contributed by atoms with van der Waals surface area (Å²) < 4.78 is 5.70. The zero-order valence-electron chi connectivity index (χ0n) is 13.2. The summed E-state index contributed by atoms with van der Waals surface area (Å²) in [7, 11) is 0. The van der Waals surface area contributed by atoms with E-state index in [1.54, 1.807) is 0 Å². The zero-order chi connectivity index (χ0) is 14.4. The lowest BCUT2D eigenvalue weighted by molar-refractivity contribution is 0.115. The van der Waals surface area contributed by atoms with E-state index in [0.29, 0.717) is 23.9 Å². The Labute approximate surface area is 123 Å². The van der Waals surface area contributed by atoms with E-state index in [-0.39, 0.29) is 0 Å². The molecular weight excluding hydrogens is 252 g/mol. The third-order valence-corrected chi connectivity index (χ3v) is 4.70. The molecular formula is C16H32N2O2. The van der Waals surface area contributed by atoms with E-state index in [9.17, 15) is 0 Å². The van der Waals surface area contributed by atoms with Crippen LogP contribution >= 0.6 is 0 Å². The zero-order valence-corrected chi connectivity index (χ0v) is 13.2. The molecule has 0 bridgehead atoms. The van der Waals surface area contributed by atoms with Crippen LogP contribution in [0.15, 0.2) is 0 Å². The van der Waals surface area contributed by atoms with Crippen LogP contribution in [-0.2, 0) is 4.74 Å². The first-order valence-electron chi connectivity index (χ1n) is 8.25. The number of nitrogens with one attached hydrogen (secondary N) is 1. The molecule has 0 aromatic heterocycles. The average molecular weight is 284 g/mol. The maximum Gasteiger partial charge on any atom is 0.0547 e. The predicted octanol–water partition coefficient (Wildman–Crippen LogP) is 1.34. The summed E-state index contributed by atoms with van der Waals surface area (Å²) in [5.41, 5.74) is 0.309. The molecule has 2 saturated heterocycles. The van der Waals surface area contributed by atoms with Gasteiger partial charge in [0.05, 0.1) is 6.61 Å². The lowest BCUT2D eigenvalue weighted by Crippen LogP contribution is -2.44. The first-order chi connectivity index (χ1) is 9.63. The summed E-state index contributed by atoms with van der Waals surface area (Å²) in [6.07, 6.45) is 3.39. The summed E-state index contributed by atoms with van der Waals surface area (Å²) in [5.74, 6) is 1.40. The normalized spacial score (nSPS) is 31.5. The van der Waals surface area contributed by atoms with Crippen molar-refractivity contribution in [2.45, 2.75) is 33.1 Å². The van der Waals surface area contributed by atoms with Crippen molar-refractivity contribution in [2.24, 2.45) is 17.3 Å². The van der Waals surface area contributed by atoms with Gasteiger partial charge in [-0.05, 0) is 44.2 Å². The molecule has 2 atom stereocenters. The van der Waals surface area contributed by atoms with Gasteiger partial charge in [-0.2, -0.15) is 0 Å². The molecule has 2 N–H and O–H groups in total. The van der Waals surface area contributed by atoms with E-state index in [4.69, 9.17) is 9.84 Å². The first-order valence-corrected chi connectivity index (χ1v) is 8.25. The monoisotopic (exact) mass is 284 g/mol. The van der Waals surface area contributed by atoms with E-state index in [1.807, 2.05) is 0 Å². The van der Waals surface area contributed by atoms with Crippen LogP contribution in [0.4, 0.5) is 0 Å². The molecule has 0 spiro atoms. The highest BCUT2D eigenvalue weighted by molar-refractivity contribution is 4.90. The number of nitrogens with zero attached hydrogens (tertiary/aromatic N) is 1. The van der Waals surface area contributed by atoms with E-state index >= 15 is 0 Å². The Kier molecular flexibility index (Phi) is 6.27. The lowest BCUT2D eigenvalue weighted by Gasteiger charge is -2.33. The molecule has 0 aromatic rings. The molecule has 4 heteroatoms. The fraction of sp³-hybridized carbons (Fsp3) is 1.00. The van der Waals surface area contributed by atoms with Crippen LogP contribution in [0.3, 0.4) is 0 Å². The number of aliphatic hydroxyl groups excluding tert-OH is 1. The summed E-state index contributed by atoms with van der Waals surface area (Å²) in [4.78, 5) is 2.59. The van der Waals surface area contributed by atoms with Crippen molar-refractivity contribution in [3.63, 3.8) is 0 Å². The minimum absolute atomic E-state index is 0.309. The maximum absolute atomic E-state index is 9.07. The second kappa shape index (κ2) is 7.74. The highest BCUT2D eigenvalue weighted by atomic mass is 16.5. The molecule has 0 saturated carbocycles. The van der Waals surface area contributed by atoms with Gasteiger partial charge in [-0.1, -0.05) is 13.8 Å². The van der Waals surface area contributed by atoms with Crippen molar-refractivity contribution < 1.29 is 9.84 Å². The van der Waals surface area contributed by atoms with Crippen LogP contribution in [0.25, 0.3) is 0 Å². The van der Waals surface area contributed by atoms with Crippen LogP contribution < -0.4 is 5.32 Å². The Morgan fingerprint density at radius 1 is 1.45 bits per heavy atom. The average Bonchev–Trinajstić information content (AvgIpc) is 3.00. The van der Waals surface area contributed by atoms with E-state index in [2.05, 4.69) is 24.1 Å². The van der Waals surface area contributed by atoms with Gasteiger partial charge in [-0.25, -0.2) is 0 Å². The molecule has 0 aliphatic carbocycles. The van der Waals surface area contributed by atoms with Crippen LogP contribution in [0.2, 0.25) is 0 Å². The Bertz CT molecular complexity index is 278. The smallest absolute Gasteiger partial charge is 0.0547 e. The lowest BCUT2D eigenvalue weighted by atomic mass is 9.86. The van der Waals surface area contributed by atoms with Crippen molar-refractivity contribution in [3.8, 4) is 0 Å². The van der Waals surface area contributed by atoms with Gasteiger partial charge in [0.1, 0.15) is 0 Å². The van der Waals surface area contributed by atoms with Gasteiger partial charge in [-0.15, -0.1) is 0 Å². The Balaban J connectivity index is 1.80. The molecule has 4 nitrogen and oxygen atoms in total. The van der Waals surface area contributed by atoms with Gasteiger partial charge in [0.15, 0.2) is 0 Å². The second-order valence-corrected chi connectivity index (χ2v) is 7.23. The van der Waals surface area contributed by atoms with Crippen molar-refractivity contribution >= 4 is 0 Å². The van der Waals surface area contributed by atoms with Crippen LogP contribution in [0, 0.1) is 17.3 Å². The van der Waals surface area contributed by atoms with Gasteiger partial charge >= 0.3 is 0 Å². The van der Waals surface area contributed by atoms with Gasteiger partial charge in [0.2, 0.25) is 0 Å². The number of likely N-dealkylation sites (tertiary alicyclic amines) is 1. The largest absolute Gasteiger partial charge is 0.396 e. The summed E-state index contributed by atoms with van der Waals surface area (Å²) in [6, 6.07) is 0. The Morgan fingerprint density at radius 3 is 2.95 bits per heavy atom. The molecule has 118 valence electrons. The topological polar surface area (TPSA) is 44.7 Å². The SMILES string of the molecule is CC(C)CNCC1(CN2CCC(CCO)C2)CCOC1. The molecule has 2 aliphatic rings. The number of ether oxygens (including phenoxy) is 1. The quantitative estimate of drug-likeness (QED) is 0.706. The minimum atomic E-state index is 0.309. The van der Waals surface area contributed by atoms with Gasteiger partial charge in [0.25, 0.3) is 0 Å². The van der Waals surface area contributed by atoms with Gasteiger partial charge in [-0.3, -0.25) is 0 Å². The highest BCUT2D eigenvalue weighted by Gasteiger charge is 2.38. The van der Waals surface area contributed by atoms with Gasteiger partial charge in [0, 0.05) is 38.3 Å². The van der Waals surface area contributed by atoms with Crippen molar-refractivity contribution in [3.05, 3.63) is 0 Å². The number of rotatable bonds is 8. The molecule has 2 rings (SSSR count).